The van der Waals surface area contributed by atoms with Gasteiger partial charge in [-0.2, -0.15) is 0 Å². The van der Waals surface area contributed by atoms with Gasteiger partial charge in [-0.05, 0) is 42.3 Å². The molecule has 3 rings (SSSR count). The third-order valence-corrected chi connectivity index (χ3v) is 3.15. The first kappa shape index (κ1) is 13.9. The van der Waals surface area contributed by atoms with Crippen LogP contribution in [0.4, 0.5) is 16.4 Å². The zero-order chi connectivity index (χ0) is 15.5. The average molecular weight is 296 g/mol. The number of imidazole rings is 1. The second kappa shape index (κ2) is 5.72. The summed E-state index contributed by atoms with van der Waals surface area (Å²) in [6.07, 6.45) is 5.31. The van der Waals surface area contributed by atoms with E-state index in [-0.39, 0.29) is 6.03 Å². The molecule has 7 nitrogen and oxygen atoms in total. The molecule has 0 radical (unpaired) electrons. The molecule has 0 aliphatic heterocycles. The van der Waals surface area contributed by atoms with Gasteiger partial charge >= 0.3 is 6.03 Å². The van der Waals surface area contributed by atoms with E-state index in [1.807, 2.05) is 41.8 Å². The lowest BCUT2D eigenvalue weighted by molar-refractivity contribution is 0.252. The van der Waals surface area contributed by atoms with E-state index in [4.69, 9.17) is 5.73 Å². The highest BCUT2D eigenvalue weighted by molar-refractivity contribution is 5.88. The molecule has 0 saturated heterocycles. The van der Waals surface area contributed by atoms with Crippen LogP contribution in [0.15, 0.2) is 42.9 Å². The summed E-state index contributed by atoms with van der Waals surface area (Å²) in [4.78, 5) is 19.9. The molecule has 3 aromatic rings. The smallest absolute Gasteiger partial charge is 0.320 e. The highest BCUT2D eigenvalue weighted by Crippen LogP contribution is 2.22. The van der Waals surface area contributed by atoms with Crippen LogP contribution in [0.5, 0.6) is 0 Å². The fourth-order valence-corrected chi connectivity index (χ4v) is 2.17. The predicted molar refractivity (Wildman–Crippen MR) is 85.5 cm³/mol. The van der Waals surface area contributed by atoms with Gasteiger partial charge < -0.3 is 15.5 Å². The van der Waals surface area contributed by atoms with E-state index in [0.717, 1.165) is 16.8 Å². The second-order valence-electron chi connectivity index (χ2n) is 4.76. The minimum absolute atomic E-state index is 0.270. The van der Waals surface area contributed by atoms with Crippen molar-refractivity contribution < 1.29 is 4.79 Å². The van der Waals surface area contributed by atoms with Crippen LogP contribution >= 0.6 is 0 Å². The molecule has 4 N–H and O–H groups in total. The van der Waals surface area contributed by atoms with Gasteiger partial charge in [-0.15, -0.1) is 0 Å². The monoisotopic (exact) mass is 296 g/mol. The van der Waals surface area contributed by atoms with E-state index >= 15 is 0 Å². The van der Waals surface area contributed by atoms with Gasteiger partial charge in [-0.1, -0.05) is 0 Å². The molecule has 0 atom stereocenters. The normalized spacial score (nSPS) is 10.6. The first-order valence-electron chi connectivity index (χ1n) is 6.91. The summed E-state index contributed by atoms with van der Waals surface area (Å²) < 4.78 is 1.84. The third-order valence-electron chi connectivity index (χ3n) is 3.15. The summed E-state index contributed by atoms with van der Waals surface area (Å²) in [6, 6.07) is 7.31. The number of hydrogen-bond acceptors (Lipinski definition) is 4. The summed E-state index contributed by atoms with van der Waals surface area (Å²) in [7, 11) is 0. The van der Waals surface area contributed by atoms with Crippen LogP contribution < -0.4 is 16.4 Å². The zero-order valence-electron chi connectivity index (χ0n) is 12.1. The molecule has 0 bridgehead atoms. The number of nitrogens with two attached hydrogens (primary N) is 1. The molecule has 0 aliphatic carbocycles. The van der Waals surface area contributed by atoms with Gasteiger partial charge in [0.15, 0.2) is 5.82 Å². The molecule has 0 fully saturated rings. The Balaban J connectivity index is 1.91. The molecule has 0 aliphatic rings. The summed E-state index contributed by atoms with van der Waals surface area (Å²) in [5, 5.41) is 5.35. The average Bonchev–Trinajstić information content (AvgIpc) is 2.88. The lowest BCUT2D eigenvalue weighted by Crippen LogP contribution is -2.28. The lowest BCUT2D eigenvalue weighted by Gasteiger charge is -2.02. The number of anilines is 2. The van der Waals surface area contributed by atoms with Crippen LogP contribution in [-0.4, -0.2) is 26.9 Å². The number of nitrogens with zero attached hydrogens (tertiary/aromatic N) is 3. The van der Waals surface area contributed by atoms with E-state index in [1.54, 1.807) is 12.4 Å². The van der Waals surface area contributed by atoms with E-state index in [1.165, 1.54) is 0 Å². The maximum atomic E-state index is 11.5. The molecule has 0 unspecified atom stereocenters. The molecule has 112 valence electrons. The van der Waals surface area contributed by atoms with Crippen LogP contribution in [0.1, 0.15) is 6.92 Å². The Morgan fingerprint density at radius 1 is 1.32 bits per heavy atom. The van der Waals surface area contributed by atoms with Crippen LogP contribution in [0, 0.1) is 0 Å². The van der Waals surface area contributed by atoms with Gasteiger partial charge in [0.25, 0.3) is 0 Å². The largest absolute Gasteiger partial charge is 0.384 e. The molecule has 7 heteroatoms. The quantitative estimate of drug-likeness (QED) is 0.689. The Hall–Kier alpha value is -3.09. The van der Waals surface area contributed by atoms with Gasteiger partial charge in [0.1, 0.15) is 11.5 Å². The van der Waals surface area contributed by atoms with Crippen LogP contribution in [0.25, 0.3) is 16.8 Å². The number of rotatable bonds is 3. The van der Waals surface area contributed by atoms with Crippen LogP contribution in [-0.2, 0) is 0 Å². The maximum Gasteiger partial charge on any atom is 0.320 e. The molecular weight excluding hydrogens is 280 g/mol. The Bertz CT molecular complexity index is 826. The van der Waals surface area contributed by atoms with Crippen molar-refractivity contribution in [1.29, 1.82) is 0 Å². The van der Waals surface area contributed by atoms with Crippen molar-refractivity contribution in [2.24, 2.45) is 0 Å². The summed E-state index contributed by atoms with van der Waals surface area (Å²) in [5.41, 5.74) is 8.40. The fourth-order valence-electron chi connectivity index (χ4n) is 2.17. The van der Waals surface area contributed by atoms with Crippen molar-refractivity contribution in [3.8, 4) is 11.1 Å². The topological polar surface area (TPSA) is 97.3 Å². The molecule has 0 saturated carbocycles. The number of nitrogens with one attached hydrogen (secondary N) is 2. The second-order valence-corrected chi connectivity index (χ2v) is 4.76. The molecule has 0 spiro atoms. The maximum absolute atomic E-state index is 11.5. The van der Waals surface area contributed by atoms with E-state index in [0.29, 0.717) is 18.2 Å². The van der Waals surface area contributed by atoms with E-state index < -0.39 is 0 Å². The van der Waals surface area contributed by atoms with Gasteiger partial charge in [0.2, 0.25) is 0 Å². The Morgan fingerprint density at radius 3 is 2.91 bits per heavy atom. The highest BCUT2D eigenvalue weighted by atomic mass is 16.2. The Kier molecular flexibility index (Phi) is 3.61. The summed E-state index contributed by atoms with van der Waals surface area (Å²) in [5.74, 6) is 0.969. The van der Waals surface area contributed by atoms with Crippen LogP contribution in [0.3, 0.4) is 0 Å². The van der Waals surface area contributed by atoms with Crippen molar-refractivity contribution in [2.45, 2.75) is 6.92 Å². The molecular formula is C15H16N6O. The van der Waals surface area contributed by atoms with Crippen molar-refractivity contribution in [1.82, 2.24) is 19.7 Å². The number of aromatic nitrogens is 3. The highest BCUT2D eigenvalue weighted by Gasteiger charge is 2.07. The Labute approximate surface area is 127 Å². The predicted octanol–water partition coefficient (Wildman–Crippen LogP) is 2.12. The Morgan fingerprint density at radius 2 is 2.14 bits per heavy atom. The van der Waals surface area contributed by atoms with Crippen molar-refractivity contribution in [3.05, 3.63) is 42.9 Å². The number of hydrogen-bond donors (Lipinski definition) is 3. The van der Waals surface area contributed by atoms with Gasteiger partial charge in [0.05, 0.1) is 6.20 Å². The summed E-state index contributed by atoms with van der Waals surface area (Å²) >= 11 is 0. The van der Waals surface area contributed by atoms with Crippen molar-refractivity contribution in [3.63, 3.8) is 0 Å². The number of carbonyl (C=O) groups is 1. The van der Waals surface area contributed by atoms with Crippen molar-refractivity contribution >= 4 is 23.3 Å². The molecule has 3 aromatic heterocycles. The number of fused-ring (bicyclic) bond motifs is 1. The minimum Gasteiger partial charge on any atom is -0.384 e. The number of pyridine rings is 2. The van der Waals surface area contributed by atoms with Gasteiger partial charge in [-0.25, -0.2) is 14.8 Å². The number of carbonyl (C=O) groups excluding carboxylic acids is 1. The number of amides is 2. The molecule has 2 amide bonds. The van der Waals surface area contributed by atoms with Gasteiger partial charge in [-0.3, -0.25) is 5.32 Å². The van der Waals surface area contributed by atoms with Crippen LogP contribution in [0.2, 0.25) is 0 Å². The fraction of sp³-hybridized carbons (Fsp3) is 0.133. The van der Waals surface area contributed by atoms with E-state index in [9.17, 15) is 4.79 Å². The number of urea groups is 1. The molecule has 22 heavy (non-hydrogen) atoms. The van der Waals surface area contributed by atoms with E-state index in [2.05, 4.69) is 20.6 Å². The standard InChI is InChI=1S/C15H16N6O/c1-2-17-15(22)20-13-9-21-6-4-11(8-14(21)19-13)10-3-5-18-12(16)7-10/h3-9H,2H2,1H3,(H2,16,18)(H2,17,20,22). The SMILES string of the molecule is CCNC(=O)Nc1cn2ccc(-c3ccnc(N)c3)cc2n1. The first-order chi connectivity index (χ1) is 10.7. The third kappa shape index (κ3) is 2.83. The lowest BCUT2D eigenvalue weighted by atomic mass is 10.1. The minimum atomic E-state index is -0.270. The van der Waals surface area contributed by atoms with Gasteiger partial charge in [0, 0.05) is 18.9 Å². The first-order valence-corrected chi connectivity index (χ1v) is 6.91. The molecule has 0 aromatic carbocycles. The zero-order valence-corrected chi connectivity index (χ0v) is 12.1. The molecule has 3 heterocycles. The summed E-state index contributed by atoms with van der Waals surface area (Å²) in [6.45, 7) is 2.42. The van der Waals surface area contributed by atoms with Crippen molar-refractivity contribution in [2.75, 3.05) is 17.6 Å². The number of nitrogen functional groups attached to an aromatic ring is 1.